The van der Waals surface area contributed by atoms with Gasteiger partial charge in [0.1, 0.15) is 5.56 Å². The summed E-state index contributed by atoms with van der Waals surface area (Å²) in [6, 6.07) is 1.03. The van der Waals surface area contributed by atoms with Crippen LogP contribution in [0, 0.1) is 5.82 Å². The van der Waals surface area contributed by atoms with Gasteiger partial charge in [-0.3, -0.25) is 4.79 Å². The molecule has 1 aliphatic rings. The summed E-state index contributed by atoms with van der Waals surface area (Å²) in [6.45, 7) is 2.88. The van der Waals surface area contributed by atoms with Crippen LogP contribution < -0.4 is 21.5 Å². The van der Waals surface area contributed by atoms with E-state index < -0.39 is 28.3 Å². The zero-order valence-electron chi connectivity index (χ0n) is 13.3. The SMILES string of the molecule is CNn1cc(C(=O)O)c(=O)c2cc(F)c(N3CCC(C)(N)C3)nc21. The smallest absolute Gasteiger partial charge is 0.341 e. The van der Waals surface area contributed by atoms with Gasteiger partial charge >= 0.3 is 5.97 Å². The molecule has 0 bridgehead atoms. The van der Waals surface area contributed by atoms with Crippen molar-refractivity contribution in [3.8, 4) is 0 Å². The number of rotatable bonds is 3. The number of carboxylic acids is 1. The van der Waals surface area contributed by atoms with Crippen molar-refractivity contribution in [3.63, 3.8) is 0 Å². The lowest BCUT2D eigenvalue weighted by molar-refractivity contribution is 0.0695. The molecule has 1 unspecified atom stereocenters. The van der Waals surface area contributed by atoms with Crippen LogP contribution >= 0.6 is 0 Å². The van der Waals surface area contributed by atoms with Gasteiger partial charge in [-0.25, -0.2) is 18.8 Å². The van der Waals surface area contributed by atoms with Crippen molar-refractivity contribution in [1.82, 2.24) is 9.66 Å². The maximum absolute atomic E-state index is 14.5. The van der Waals surface area contributed by atoms with E-state index in [-0.39, 0.29) is 16.9 Å². The fourth-order valence-electron chi connectivity index (χ4n) is 2.92. The predicted molar refractivity (Wildman–Crippen MR) is 87.6 cm³/mol. The summed E-state index contributed by atoms with van der Waals surface area (Å²) in [6.07, 6.45) is 1.83. The highest BCUT2D eigenvalue weighted by atomic mass is 19.1. The third kappa shape index (κ3) is 2.56. The van der Waals surface area contributed by atoms with Gasteiger partial charge in [-0.1, -0.05) is 0 Å². The zero-order chi connectivity index (χ0) is 17.6. The highest BCUT2D eigenvalue weighted by Crippen LogP contribution is 2.27. The molecular weight excluding hydrogens is 317 g/mol. The van der Waals surface area contributed by atoms with Crippen LogP contribution in [-0.2, 0) is 0 Å². The lowest BCUT2D eigenvalue weighted by Crippen LogP contribution is -2.39. The summed E-state index contributed by atoms with van der Waals surface area (Å²) in [7, 11) is 1.55. The van der Waals surface area contributed by atoms with Crippen LogP contribution in [0.15, 0.2) is 17.1 Å². The Kier molecular flexibility index (Phi) is 3.67. The molecule has 4 N–H and O–H groups in total. The van der Waals surface area contributed by atoms with Crippen LogP contribution in [0.4, 0.5) is 10.2 Å². The van der Waals surface area contributed by atoms with Gasteiger partial charge in [-0.2, -0.15) is 0 Å². The van der Waals surface area contributed by atoms with Gasteiger partial charge in [0.2, 0.25) is 5.43 Å². The number of carboxylic acid groups (broad SMARTS) is 1. The third-order valence-corrected chi connectivity index (χ3v) is 4.19. The van der Waals surface area contributed by atoms with Gasteiger partial charge in [0.05, 0.1) is 5.39 Å². The standard InChI is InChI=1S/C15H18FN5O3/c1-15(17)3-4-20(7-15)13-10(16)5-8-11(22)9(14(23)24)6-21(18-2)12(8)19-13/h5-6,18H,3-4,7,17H2,1-2H3,(H,23,24). The Labute approximate surface area is 136 Å². The number of carbonyl (C=O) groups is 1. The number of nitrogens with one attached hydrogen (secondary N) is 1. The Hall–Kier alpha value is -2.68. The highest BCUT2D eigenvalue weighted by molar-refractivity contribution is 5.92. The second-order valence-electron chi connectivity index (χ2n) is 6.26. The van der Waals surface area contributed by atoms with Crippen molar-refractivity contribution in [2.24, 2.45) is 5.73 Å². The Balaban J connectivity index is 2.23. The number of nitrogens with two attached hydrogens (primary N) is 1. The lowest BCUT2D eigenvalue weighted by atomic mass is 10.0. The van der Waals surface area contributed by atoms with Crippen molar-refractivity contribution >= 4 is 22.8 Å². The van der Waals surface area contributed by atoms with E-state index in [1.807, 2.05) is 6.92 Å². The predicted octanol–water partition coefficient (Wildman–Crippen LogP) is 0.335. The number of aromatic nitrogens is 2. The van der Waals surface area contributed by atoms with Crippen molar-refractivity contribution < 1.29 is 14.3 Å². The van der Waals surface area contributed by atoms with E-state index in [4.69, 9.17) is 10.8 Å². The van der Waals surface area contributed by atoms with E-state index in [0.29, 0.717) is 19.5 Å². The molecule has 0 amide bonds. The van der Waals surface area contributed by atoms with Crippen molar-refractivity contribution in [3.05, 3.63) is 33.9 Å². The summed E-state index contributed by atoms with van der Waals surface area (Å²) >= 11 is 0. The maximum atomic E-state index is 14.5. The largest absolute Gasteiger partial charge is 0.477 e. The van der Waals surface area contributed by atoms with Crippen LogP contribution in [0.1, 0.15) is 23.7 Å². The van der Waals surface area contributed by atoms with Gasteiger partial charge in [0, 0.05) is 31.9 Å². The Bertz CT molecular complexity index is 893. The molecular formula is C15H18FN5O3. The molecule has 128 valence electrons. The van der Waals surface area contributed by atoms with Gasteiger partial charge in [0.15, 0.2) is 17.3 Å². The molecule has 0 saturated carbocycles. The summed E-state index contributed by atoms with van der Waals surface area (Å²) in [5.41, 5.74) is 7.31. The number of aromatic carboxylic acids is 1. The van der Waals surface area contributed by atoms with Crippen molar-refractivity contribution in [2.45, 2.75) is 18.9 Å². The molecule has 0 aliphatic carbocycles. The van der Waals surface area contributed by atoms with Crippen LogP contribution in [0.2, 0.25) is 0 Å². The summed E-state index contributed by atoms with van der Waals surface area (Å²) in [4.78, 5) is 29.4. The second kappa shape index (κ2) is 5.45. The van der Waals surface area contributed by atoms with Gasteiger partial charge in [-0.15, -0.1) is 0 Å². The van der Waals surface area contributed by atoms with E-state index >= 15 is 0 Å². The molecule has 1 fully saturated rings. The van der Waals surface area contributed by atoms with Gasteiger partial charge in [-0.05, 0) is 19.4 Å². The minimum Gasteiger partial charge on any atom is -0.477 e. The molecule has 3 heterocycles. The minimum absolute atomic E-state index is 0.0970. The van der Waals surface area contributed by atoms with Crippen LogP contribution in [0.25, 0.3) is 11.0 Å². The number of fused-ring (bicyclic) bond motifs is 1. The first-order valence-electron chi connectivity index (χ1n) is 7.44. The normalized spacial score (nSPS) is 20.6. The van der Waals surface area contributed by atoms with E-state index in [2.05, 4.69) is 10.4 Å². The molecule has 1 atom stereocenters. The molecule has 0 radical (unpaired) electrons. The molecule has 24 heavy (non-hydrogen) atoms. The first kappa shape index (κ1) is 16.2. The number of hydrogen-bond donors (Lipinski definition) is 3. The topological polar surface area (TPSA) is 113 Å². The Morgan fingerprint density at radius 1 is 1.54 bits per heavy atom. The van der Waals surface area contributed by atoms with Crippen LogP contribution in [0.3, 0.4) is 0 Å². The molecule has 2 aromatic rings. The molecule has 1 aliphatic heterocycles. The molecule has 2 aromatic heterocycles. The molecule has 9 heteroatoms. The minimum atomic E-state index is -1.38. The second-order valence-corrected chi connectivity index (χ2v) is 6.26. The third-order valence-electron chi connectivity index (χ3n) is 4.19. The summed E-state index contributed by atoms with van der Waals surface area (Å²) in [5.74, 6) is -1.96. The summed E-state index contributed by atoms with van der Waals surface area (Å²) < 4.78 is 15.8. The molecule has 0 spiro atoms. The van der Waals surface area contributed by atoms with Crippen molar-refractivity contribution in [1.29, 1.82) is 0 Å². The Morgan fingerprint density at radius 2 is 2.25 bits per heavy atom. The Morgan fingerprint density at radius 3 is 2.79 bits per heavy atom. The highest BCUT2D eigenvalue weighted by Gasteiger charge is 2.32. The fraction of sp³-hybridized carbons (Fsp3) is 0.400. The molecule has 1 saturated heterocycles. The lowest BCUT2D eigenvalue weighted by Gasteiger charge is -2.22. The average molecular weight is 335 g/mol. The number of nitrogens with zero attached hydrogens (tertiary/aromatic N) is 3. The zero-order valence-corrected chi connectivity index (χ0v) is 13.3. The molecule has 3 rings (SSSR count). The molecule has 0 aromatic carbocycles. The van der Waals surface area contributed by atoms with E-state index in [9.17, 15) is 14.0 Å². The van der Waals surface area contributed by atoms with Gasteiger partial charge in [0.25, 0.3) is 0 Å². The quantitative estimate of drug-likeness (QED) is 0.741. The average Bonchev–Trinajstić information content (AvgIpc) is 2.87. The van der Waals surface area contributed by atoms with Crippen LogP contribution in [0.5, 0.6) is 0 Å². The number of pyridine rings is 2. The number of hydrogen-bond acceptors (Lipinski definition) is 6. The fourth-order valence-corrected chi connectivity index (χ4v) is 2.92. The van der Waals surface area contributed by atoms with Gasteiger partial charge < -0.3 is 21.2 Å². The first-order valence-corrected chi connectivity index (χ1v) is 7.44. The number of anilines is 1. The first-order chi connectivity index (χ1) is 11.2. The summed E-state index contributed by atoms with van der Waals surface area (Å²) in [5, 5.41) is 9.02. The van der Waals surface area contributed by atoms with E-state index in [1.165, 1.54) is 4.68 Å². The monoisotopic (exact) mass is 335 g/mol. The molecule has 8 nitrogen and oxygen atoms in total. The number of halogens is 1. The van der Waals surface area contributed by atoms with Crippen LogP contribution in [-0.4, -0.2) is 46.4 Å². The van der Waals surface area contributed by atoms with E-state index in [1.54, 1.807) is 11.9 Å². The van der Waals surface area contributed by atoms with E-state index in [0.717, 1.165) is 12.3 Å². The maximum Gasteiger partial charge on any atom is 0.341 e. The van der Waals surface area contributed by atoms with Crippen molar-refractivity contribution in [2.75, 3.05) is 30.5 Å².